The molecule has 3 heterocycles. The molecular weight excluding hydrogens is 352 g/mol. The van der Waals surface area contributed by atoms with Gasteiger partial charge in [0.2, 0.25) is 0 Å². The van der Waals surface area contributed by atoms with E-state index in [-0.39, 0.29) is 13.1 Å². The molecule has 0 N–H and O–H groups in total. The van der Waals surface area contributed by atoms with Crippen molar-refractivity contribution in [3.05, 3.63) is 12.4 Å². The van der Waals surface area contributed by atoms with Gasteiger partial charge in [-0.05, 0) is 48.5 Å². The van der Waals surface area contributed by atoms with Gasteiger partial charge in [0.25, 0.3) is 0 Å². The van der Waals surface area contributed by atoms with E-state index in [1.807, 2.05) is 27.7 Å². The number of hydrogen-bond donors (Lipinski definition) is 0. The number of nitrogens with zero attached hydrogens (tertiary/aromatic N) is 3. The van der Waals surface area contributed by atoms with Crippen molar-refractivity contribution in [3.63, 3.8) is 0 Å². The first kappa shape index (κ1) is 20.1. The minimum atomic E-state index is -1.22. The van der Waals surface area contributed by atoms with Crippen LogP contribution in [0.15, 0.2) is 12.4 Å². The van der Waals surface area contributed by atoms with Crippen molar-refractivity contribution in [1.82, 2.24) is 14.7 Å². The lowest BCUT2D eigenvalue weighted by atomic mass is 9.82. The van der Waals surface area contributed by atoms with Crippen LogP contribution in [0, 0.1) is 0 Å². The summed E-state index contributed by atoms with van der Waals surface area (Å²) in [5.41, 5.74) is -0.792. The van der Waals surface area contributed by atoms with E-state index >= 15 is 0 Å². The topological polar surface area (TPSA) is 65.8 Å². The Morgan fingerprint density at radius 2 is 1.85 bits per heavy atom. The first-order chi connectivity index (χ1) is 12.3. The molecule has 0 aliphatic carbocycles. The lowest BCUT2D eigenvalue weighted by molar-refractivity contribution is 0.00578. The minimum absolute atomic E-state index is 0.00867. The highest BCUT2D eigenvalue weighted by Gasteiger charge is 2.52. The van der Waals surface area contributed by atoms with Crippen LogP contribution in [0.3, 0.4) is 0 Å². The van der Waals surface area contributed by atoms with E-state index < -0.39 is 42.2 Å². The van der Waals surface area contributed by atoms with Gasteiger partial charge >= 0.3 is 13.2 Å². The maximum atomic E-state index is 14.6. The van der Waals surface area contributed by atoms with Gasteiger partial charge in [-0.1, -0.05) is 0 Å². The second-order valence-corrected chi connectivity index (χ2v) is 9.31. The number of alkyl halides is 1. The molecule has 0 bridgehead atoms. The van der Waals surface area contributed by atoms with Crippen LogP contribution in [0.4, 0.5) is 9.18 Å². The predicted octanol–water partition coefficient (Wildman–Crippen LogP) is 2.31. The Hall–Kier alpha value is -1.61. The second kappa shape index (κ2) is 6.48. The molecule has 2 aliphatic heterocycles. The van der Waals surface area contributed by atoms with Crippen LogP contribution in [0.25, 0.3) is 0 Å². The highest BCUT2D eigenvalue weighted by molar-refractivity contribution is 6.62. The van der Waals surface area contributed by atoms with Gasteiger partial charge < -0.3 is 18.9 Å². The molecule has 150 valence electrons. The van der Waals surface area contributed by atoms with E-state index in [4.69, 9.17) is 14.0 Å². The zero-order valence-corrected chi connectivity index (χ0v) is 17.2. The van der Waals surface area contributed by atoms with Crippen LogP contribution in [-0.2, 0) is 14.0 Å². The molecule has 0 unspecified atom stereocenters. The van der Waals surface area contributed by atoms with E-state index in [2.05, 4.69) is 5.10 Å². The molecule has 1 aromatic rings. The molecule has 2 fully saturated rings. The van der Waals surface area contributed by atoms with Gasteiger partial charge in [0.1, 0.15) is 17.8 Å². The maximum Gasteiger partial charge on any atom is 0.498 e. The van der Waals surface area contributed by atoms with Gasteiger partial charge in [-0.25, -0.2) is 9.18 Å². The zero-order valence-electron chi connectivity index (χ0n) is 17.2. The normalized spacial score (nSPS) is 27.3. The third-order valence-corrected chi connectivity index (χ3v) is 5.36. The molecule has 7 nitrogen and oxygen atoms in total. The molecule has 1 aromatic heterocycles. The summed E-state index contributed by atoms with van der Waals surface area (Å²) in [4.78, 5) is 13.6. The Bertz CT molecular complexity index is 700. The lowest BCUT2D eigenvalue weighted by Gasteiger charge is -2.32. The fourth-order valence-corrected chi connectivity index (χ4v) is 3.11. The van der Waals surface area contributed by atoms with Crippen molar-refractivity contribution in [2.75, 3.05) is 13.1 Å². The average Bonchev–Trinajstić information content (AvgIpc) is 3.14. The van der Waals surface area contributed by atoms with Crippen LogP contribution in [0.2, 0.25) is 0 Å². The first-order valence-corrected chi connectivity index (χ1v) is 9.31. The van der Waals surface area contributed by atoms with Crippen molar-refractivity contribution < 1.29 is 23.2 Å². The molecule has 3 rings (SSSR count). The first-order valence-electron chi connectivity index (χ1n) is 9.31. The van der Waals surface area contributed by atoms with E-state index in [0.717, 1.165) is 5.46 Å². The number of hydrogen-bond acceptors (Lipinski definition) is 5. The number of halogens is 1. The smallest absolute Gasteiger partial charge is 0.444 e. The number of carbonyl (C=O) groups excluding carboxylic acids is 1. The minimum Gasteiger partial charge on any atom is -0.444 e. The average molecular weight is 381 g/mol. The Labute approximate surface area is 160 Å². The van der Waals surface area contributed by atoms with Gasteiger partial charge in [-0.3, -0.25) is 4.68 Å². The summed E-state index contributed by atoms with van der Waals surface area (Å²) in [6, 6.07) is -0.561. The fraction of sp³-hybridized carbons (Fsp3) is 0.778. The van der Waals surface area contributed by atoms with Gasteiger partial charge in [0.15, 0.2) is 0 Å². The molecule has 2 saturated heterocycles. The summed E-state index contributed by atoms with van der Waals surface area (Å²) in [5, 5.41) is 4.29. The molecule has 1 amide bonds. The standard InChI is InChI=1S/C18H29BFN3O4/c1-16(2,3)25-15(24)22-10-13(20)14(11-22)23-9-12(8-21-23)19-26-17(4,5)18(6,7)27-19/h8-9,13-14H,10-11H2,1-7H3/t13-,14-/m0/s1. The highest BCUT2D eigenvalue weighted by Crippen LogP contribution is 2.36. The Balaban J connectivity index is 1.69. The number of amides is 1. The maximum absolute atomic E-state index is 14.6. The zero-order chi connectivity index (χ0) is 20.2. The van der Waals surface area contributed by atoms with Crippen molar-refractivity contribution >= 4 is 18.7 Å². The van der Waals surface area contributed by atoms with E-state index in [1.165, 1.54) is 4.90 Å². The molecule has 0 radical (unpaired) electrons. The van der Waals surface area contributed by atoms with Crippen molar-refractivity contribution in [2.45, 2.75) is 77.5 Å². The summed E-state index contributed by atoms with van der Waals surface area (Å²) in [6.07, 6.45) is 1.64. The van der Waals surface area contributed by atoms with E-state index in [1.54, 1.807) is 37.8 Å². The van der Waals surface area contributed by atoms with Crippen LogP contribution >= 0.6 is 0 Å². The molecule has 9 heteroatoms. The van der Waals surface area contributed by atoms with Crippen LogP contribution in [0.5, 0.6) is 0 Å². The summed E-state index contributed by atoms with van der Waals surface area (Å²) >= 11 is 0. The van der Waals surface area contributed by atoms with Crippen molar-refractivity contribution in [1.29, 1.82) is 0 Å². The Morgan fingerprint density at radius 3 is 2.41 bits per heavy atom. The third-order valence-electron chi connectivity index (χ3n) is 5.36. The molecule has 0 aromatic carbocycles. The van der Waals surface area contributed by atoms with Gasteiger partial charge in [-0.2, -0.15) is 5.10 Å². The molecule has 2 atom stereocenters. The lowest BCUT2D eigenvalue weighted by Crippen LogP contribution is -2.41. The van der Waals surface area contributed by atoms with Gasteiger partial charge in [-0.15, -0.1) is 0 Å². The third kappa shape index (κ3) is 3.99. The highest BCUT2D eigenvalue weighted by atomic mass is 19.1. The molecule has 0 saturated carbocycles. The van der Waals surface area contributed by atoms with E-state index in [0.29, 0.717) is 0 Å². The van der Waals surface area contributed by atoms with Crippen molar-refractivity contribution in [2.24, 2.45) is 0 Å². The van der Waals surface area contributed by atoms with Crippen LogP contribution < -0.4 is 5.46 Å². The number of aromatic nitrogens is 2. The second-order valence-electron chi connectivity index (χ2n) is 9.31. The van der Waals surface area contributed by atoms with Crippen LogP contribution in [0.1, 0.15) is 54.5 Å². The SMILES string of the molecule is CC(C)(C)OC(=O)N1C[C@H](F)[C@@H](n2cc(B3OC(C)(C)C(C)(C)O3)cn2)C1. The largest absolute Gasteiger partial charge is 0.498 e. The Morgan fingerprint density at radius 1 is 1.26 bits per heavy atom. The van der Waals surface area contributed by atoms with Crippen molar-refractivity contribution in [3.8, 4) is 0 Å². The summed E-state index contributed by atoms with van der Waals surface area (Å²) in [7, 11) is -0.551. The summed E-state index contributed by atoms with van der Waals surface area (Å²) in [6.45, 7) is 13.5. The number of likely N-dealkylation sites (tertiary alicyclic amines) is 1. The fourth-order valence-electron chi connectivity index (χ4n) is 3.11. The molecule has 0 spiro atoms. The monoisotopic (exact) mass is 381 g/mol. The van der Waals surface area contributed by atoms with Gasteiger partial charge in [0, 0.05) is 24.4 Å². The molecule has 2 aliphatic rings. The number of rotatable bonds is 2. The van der Waals surface area contributed by atoms with Gasteiger partial charge in [0.05, 0.1) is 17.7 Å². The summed E-state index contributed by atoms with van der Waals surface area (Å²) < 4.78 is 33.5. The van der Waals surface area contributed by atoms with E-state index in [9.17, 15) is 9.18 Å². The predicted molar refractivity (Wildman–Crippen MR) is 99.7 cm³/mol. The van der Waals surface area contributed by atoms with Crippen LogP contribution in [-0.4, -0.2) is 64.0 Å². The summed E-state index contributed by atoms with van der Waals surface area (Å²) in [5.74, 6) is 0. The quantitative estimate of drug-likeness (QED) is 0.736. The molecular formula is C18H29BFN3O4. The molecule has 27 heavy (non-hydrogen) atoms. The Kier molecular flexibility index (Phi) is 4.83. The number of carbonyl (C=O) groups is 1. The number of ether oxygens (including phenoxy) is 1.